The van der Waals surface area contributed by atoms with Crippen LogP contribution in [0.25, 0.3) is 0 Å². The first-order valence-electron chi connectivity index (χ1n) is 5.58. The van der Waals surface area contributed by atoms with Gasteiger partial charge in [0.25, 0.3) is 0 Å². The molecule has 5 heteroatoms. The average Bonchev–Trinajstić information content (AvgIpc) is 2.28. The van der Waals surface area contributed by atoms with Crippen molar-refractivity contribution in [2.24, 2.45) is 0 Å². The van der Waals surface area contributed by atoms with Crippen molar-refractivity contribution in [2.45, 2.75) is 37.5 Å². The largest absolute Gasteiger partial charge is 0.419 e. The first kappa shape index (κ1) is 15.0. The third-order valence-electron chi connectivity index (χ3n) is 3.08. The molecule has 1 aromatic carbocycles. The third kappa shape index (κ3) is 3.03. The van der Waals surface area contributed by atoms with Gasteiger partial charge < -0.3 is 10.2 Å². The first-order chi connectivity index (χ1) is 8.12. The number of benzene rings is 1. The Morgan fingerprint density at radius 2 is 1.56 bits per heavy atom. The van der Waals surface area contributed by atoms with Gasteiger partial charge in [-0.15, -0.1) is 0 Å². The number of hydrogen-bond donors (Lipinski definition) is 2. The average molecular weight is 262 g/mol. The Kier molecular flexibility index (Phi) is 4.08. The fourth-order valence-corrected chi connectivity index (χ4v) is 1.97. The molecule has 1 atom stereocenters. The normalized spacial score (nSPS) is 16.4. The summed E-state index contributed by atoms with van der Waals surface area (Å²) in [4.78, 5) is 0. The molecule has 0 radical (unpaired) electrons. The molecule has 102 valence electrons. The van der Waals surface area contributed by atoms with Gasteiger partial charge in [-0.1, -0.05) is 44.2 Å². The molecule has 0 bridgehead atoms. The van der Waals surface area contributed by atoms with E-state index in [-0.39, 0.29) is 0 Å². The molecule has 18 heavy (non-hydrogen) atoms. The summed E-state index contributed by atoms with van der Waals surface area (Å²) in [6.07, 6.45) is -5.45. The minimum atomic E-state index is -4.85. The molecule has 2 nitrogen and oxygen atoms in total. The second-order valence-electron chi connectivity index (χ2n) is 5.11. The Hall–Kier alpha value is -1.07. The highest BCUT2D eigenvalue weighted by atomic mass is 19.4. The molecule has 0 aliphatic carbocycles. The number of rotatable bonds is 4. The van der Waals surface area contributed by atoms with Crippen LogP contribution in [0.15, 0.2) is 30.3 Å². The predicted octanol–water partition coefficient (Wildman–Crippen LogP) is 2.64. The summed E-state index contributed by atoms with van der Waals surface area (Å²) < 4.78 is 38.2. The van der Waals surface area contributed by atoms with E-state index in [2.05, 4.69) is 0 Å². The zero-order valence-electron chi connectivity index (χ0n) is 10.3. The van der Waals surface area contributed by atoms with Gasteiger partial charge in [0.1, 0.15) is 0 Å². The summed E-state index contributed by atoms with van der Waals surface area (Å²) in [7, 11) is 0. The molecule has 0 aliphatic rings. The zero-order valence-corrected chi connectivity index (χ0v) is 10.3. The smallest absolute Gasteiger partial charge is 0.393 e. The second-order valence-corrected chi connectivity index (χ2v) is 5.11. The third-order valence-corrected chi connectivity index (χ3v) is 3.08. The van der Waals surface area contributed by atoms with Crippen molar-refractivity contribution in [1.29, 1.82) is 0 Å². The quantitative estimate of drug-likeness (QED) is 0.875. The standard InChI is InChI=1S/C13H17F3O2/c1-11(2,10-6-4-3-5-7-10)8-12(18,9-17)13(14,15)16/h3-7,17-18H,8-9H2,1-2H3/t12-/m1/s1. The minimum Gasteiger partial charge on any atom is -0.393 e. The van der Waals surface area contributed by atoms with Gasteiger partial charge in [0, 0.05) is 0 Å². The van der Waals surface area contributed by atoms with E-state index in [1.807, 2.05) is 0 Å². The van der Waals surface area contributed by atoms with E-state index in [4.69, 9.17) is 5.11 Å². The van der Waals surface area contributed by atoms with Crippen molar-refractivity contribution in [2.75, 3.05) is 6.61 Å². The Labute approximate surface area is 104 Å². The second kappa shape index (κ2) is 4.90. The van der Waals surface area contributed by atoms with E-state index in [0.29, 0.717) is 5.56 Å². The fraction of sp³-hybridized carbons (Fsp3) is 0.538. The van der Waals surface area contributed by atoms with Crippen molar-refractivity contribution in [3.63, 3.8) is 0 Å². The van der Waals surface area contributed by atoms with Crippen LogP contribution < -0.4 is 0 Å². The van der Waals surface area contributed by atoms with Crippen LogP contribution in [0, 0.1) is 0 Å². The molecule has 0 heterocycles. The zero-order chi connectivity index (χ0) is 14.0. The lowest BCUT2D eigenvalue weighted by Gasteiger charge is -2.36. The van der Waals surface area contributed by atoms with Crippen molar-refractivity contribution in [1.82, 2.24) is 0 Å². The van der Waals surface area contributed by atoms with Crippen LogP contribution in [0.5, 0.6) is 0 Å². The Bertz CT molecular complexity index is 387. The van der Waals surface area contributed by atoms with Gasteiger partial charge in [-0.25, -0.2) is 0 Å². The van der Waals surface area contributed by atoms with E-state index in [1.54, 1.807) is 44.2 Å². The molecule has 1 rings (SSSR count). The van der Waals surface area contributed by atoms with Crippen LogP contribution in [-0.4, -0.2) is 28.6 Å². The number of alkyl halides is 3. The van der Waals surface area contributed by atoms with Crippen LogP contribution in [-0.2, 0) is 5.41 Å². The summed E-state index contributed by atoms with van der Waals surface area (Å²) in [5.74, 6) is 0. The fourth-order valence-electron chi connectivity index (χ4n) is 1.97. The van der Waals surface area contributed by atoms with E-state index in [9.17, 15) is 18.3 Å². The molecular formula is C13H17F3O2. The molecule has 0 fully saturated rings. The molecule has 0 aromatic heterocycles. The van der Waals surface area contributed by atoms with Crippen molar-refractivity contribution < 1.29 is 23.4 Å². The van der Waals surface area contributed by atoms with Gasteiger partial charge in [0.05, 0.1) is 6.61 Å². The van der Waals surface area contributed by atoms with Gasteiger partial charge in [0.2, 0.25) is 0 Å². The van der Waals surface area contributed by atoms with Crippen molar-refractivity contribution in [3.8, 4) is 0 Å². The summed E-state index contributed by atoms with van der Waals surface area (Å²) in [6.45, 7) is 1.87. The molecule has 0 aliphatic heterocycles. The number of hydrogen-bond acceptors (Lipinski definition) is 2. The summed E-state index contributed by atoms with van der Waals surface area (Å²) in [5.41, 5.74) is -3.29. The van der Waals surface area contributed by atoms with Gasteiger partial charge in [-0.3, -0.25) is 0 Å². The molecule has 0 amide bonds. The Balaban J connectivity index is 3.02. The van der Waals surface area contributed by atoms with Gasteiger partial charge in [-0.05, 0) is 17.4 Å². The summed E-state index contributed by atoms with van der Waals surface area (Å²) in [6, 6.07) is 8.62. The van der Waals surface area contributed by atoms with E-state index >= 15 is 0 Å². The van der Waals surface area contributed by atoms with Crippen LogP contribution >= 0.6 is 0 Å². The number of aliphatic hydroxyl groups is 2. The molecule has 0 unspecified atom stereocenters. The number of halogens is 3. The Morgan fingerprint density at radius 3 is 1.94 bits per heavy atom. The van der Waals surface area contributed by atoms with Gasteiger partial charge in [-0.2, -0.15) is 13.2 Å². The lowest BCUT2D eigenvalue weighted by molar-refractivity contribution is -0.277. The molecule has 1 aromatic rings. The topological polar surface area (TPSA) is 40.5 Å². The highest BCUT2D eigenvalue weighted by Gasteiger charge is 2.55. The maximum Gasteiger partial charge on any atom is 0.419 e. The van der Waals surface area contributed by atoms with Gasteiger partial charge >= 0.3 is 6.18 Å². The summed E-state index contributed by atoms with van der Waals surface area (Å²) in [5, 5.41) is 18.4. The predicted molar refractivity (Wildman–Crippen MR) is 62.2 cm³/mol. The lowest BCUT2D eigenvalue weighted by Crippen LogP contribution is -2.51. The Morgan fingerprint density at radius 1 is 1.06 bits per heavy atom. The molecule has 0 spiro atoms. The van der Waals surface area contributed by atoms with Crippen LogP contribution in [0.1, 0.15) is 25.8 Å². The first-order valence-corrected chi connectivity index (χ1v) is 5.58. The van der Waals surface area contributed by atoms with E-state index < -0.39 is 30.2 Å². The van der Waals surface area contributed by atoms with E-state index in [0.717, 1.165) is 0 Å². The highest BCUT2D eigenvalue weighted by molar-refractivity contribution is 5.24. The molecule has 0 saturated carbocycles. The van der Waals surface area contributed by atoms with Crippen LogP contribution in [0.2, 0.25) is 0 Å². The van der Waals surface area contributed by atoms with Gasteiger partial charge in [0.15, 0.2) is 5.60 Å². The van der Waals surface area contributed by atoms with E-state index in [1.165, 1.54) is 0 Å². The monoisotopic (exact) mass is 262 g/mol. The maximum atomic E-state index is 12.7. The highest BCUT2D eigenvalue weighted by Crippen LogP contribution is 2.40. The van der Waals surface area contributed by atoms with Crippen molar-refractivity contribution >= 4 is 0 Å². The molecule has 2 N–H and O–H groups in total. The lowest BCUT2D eigenvalue weighted by atomic mass is 9.75. The van der Waals surface area contributed by atoms with Crippen LogP contribution in [0.3, 0.4) is 0 Å². The SMILES string of the molecule is CC(C)(C[C@@](O)(CO)C(F)(F)F)c1ccccc1. The van der Waals surface area contributed by atoms with Crippen molar-refractivity contribution in [3.05, 3.63) is 35.9 Å². The summed E-state index contributed by atoms with van der Waals surface area (Å²) >= 11 is 0. The minimum absolute atomic E-state index is 0.593. The maximum absolute atomic E-state index is 12.7. The molecule has 0 saturated heterocycles. The number of aliphatic hydroxyl groups excluding tert-OH is 1. The molecular weight excluding hydrogens is 245 g/mol. The van der Waals surface area contributed by atoms with Crippen LogP contribution in [0.4, 0.5) is 13.2 Å².